The topological polar surface area (TPSA) is 63.9 Å². The standard InChI is InChI=1S/C15H15N3O/c1-10-5-4-7-12-15(10)18-14(17-12)9-19-13-8-3-2-6-11(13)16/h2-8H,9,16H2,1H3,(H,17,18). The first-order valence-electron chi connectivity index (χ1n) is 6.15. The number of anilines is 1. The maximum atomic E-state index is 5.83. The highest BCUT2D eigenvalue weighted by Gasteiger charge is 2.06. The van der Waals surface area contributed by atoms with Crippen molar-refractivity contribution in [1.82, 2.24) is 9.97 Å². The molecule has 0 aliphatic carbocycles. The molecular weight excluding hydrogens is 238 g/mol. The number of ether oxygens (including phenoxy) is 1. The Morgan fingerprint density at radius 1 is 1.16 bits per heavy atom. The number of hydrogen-bond donors (Lipinski definition) is 2. The summed E-state index contributed by atoms with van der Waals surface area (Å²) in [6.45, 7) is 2.42. The molecule has 0 amide bonds. The normalized spacial score (nSPS) is 10.8. The lowest BCUT2D eigenvalue weighted by Crippen LogP contribution is -1.99. The fraction of sp³-hybridized carbons (Fsp3) is 0.133. The Kier molecular flexibility index (Phi) is 2.83. The van der Waals surface area contributed by atoms with Crippen LogP contribution in [0, 0.1) is 6.92 Å². The number of fused-ring (bicyclic) bond motifs is 1. The number of imidazole rings is 1. The molecule has 3 aromatic rings. The van der Waals surface area contributed by atoms with E-state index in [1.165, 1.54) is 0 Å². The van der Waals surface area contributed by atoms with Crippen LogP contribution in [0.2, 0.25) is 0 Å². The smallest absolute Gasteiger partial charge is 0.146 e. The number of hydrogen-bond acceptors (Lipinski definition) is 3. The highest BCUT2D eigenvalue weighted by atomic mass is 16.5. The number of nitrogens with one attached hydrogen (secondary N) is 1. The molecule has 1 heterocycles. The van der Waals surface area contributed by atoms with Gasteiger partial charge in [-0.3, -0.25) is 0 Å². The zero-order valence-electron chi connectivity index (χ0n) is 10.7. The summed E-state index contributed by atoms with van der Waals surface area (Å²) in [5.41, 5.74) is 9.63. The Hall–Kier alpha value is -2.49. The first kappa shape index (κ1) is 11.6. The van der Waals surface area contributed by atoms with Crippen molar-refractivity contribution in [1.29, 1.82) is 0 Å². The summed E-state index contributed by atoms with van der Waals surface area (Å²) in [5.74, 6) is 1.48. The van der Waals surface area contributed by atoms with Crippen LogP contribution in [0.25, 0.3) is 11.0 Å². The lowest BCUT2D eigenvalue weighted by Gasteiger charge is -2.06. The van der Waals surface area contributed by atoms with Gasteiger partial charge in [0.1, 0.15) is 18.2 Å². The van der Waals surface area contributed by atoms with Crippen LogP contribution in [0.1, 0.15) is 11.4 Å². The maximum absolute atomic E-state index is 5.83. The summed E-state index contributed by atoms with van der Waals surface area (Å²) in [7, 11) is 0. The number of H-pyrrole nitrogens is 1. The van der Waals surface area contributed by atoms with Crippen molar-refractivity contribution < 1.29 is 4.74 Å². The van der Waals surface area contributed by atoms with Gasteiger partial charge in [-0.25, -0.2) is 4.98 Å². The Morgan fingerprint density at radius 2 is 2.00 bits per heavy atom. The van der Waals surface area contributed by atoms with Crippen molar-refractivity contribution in [3.8, 4) is 5.75 Å². The number of aromatic amines is 1. The summed E-state index contributed by atoms with van der Waals surface area (Å²) < 4.78 is 5.67. The Morgan fingerprint density at radius 3 is 2.79 bits per heavy atom. The van der Waals surface area contributed by atoms with Crippen molar-refractivity contribution in [3.63, 3.8) is 0 Å². The van der Waals surface area contributed by atoms with Crippen molar-refractivity contribution >= 4 is 16.7 Å². The van der Waals surface area contributed by atoms with Gasteiger partial charge in [-0.05, 0) is 30.7 Å². The molecule has 2 aromatic carbocycles. The highest BCUT2D eigenvalue weighted by Crippen LogP contribution is 2.21. The van der Waals surface area contributed by atoms with E-state index in [1.807, 2.05) is 49.4 Å². The molecule has 96 valence electrons. The van der Waals surface area contributed by atoms with Gasteiger partial charge in [-0.15, -0.1) is 0 Å². The second kappa shape index (κ2) is 4.65. The molecular formula is C15H15N3O. The molecule has 0 aliphatic heterocycles. The average Bonchev–Trinajstić information content (AvgIpc) is 2.82. The Balaban J connectivity index is 1.83. The van der Waals surface area contributed by atoms with Gasteiger partial charge in [0.25, 0.3) is 0 Å². The highest BCUT2D eigenvalue weighted by molar-refractivity contribution is 5.78. The Labute approximate surface area is 111 Å². The molecule has 0 radical (unpaired) electrons. The van der Waals surface area contributed by atoms with E-state index in [4.69, 9.17) is 10.5 Å². The molecule has 1 aromatic heterocycles. The monoisotopic (exact) mass is 253 g/mol. The lowest BCUT2D eigenvalue weighted by molar-refractivity contribution is 0.299. The van der Waals surface area contributed by atoms with Gasteiger partial charge in [0.05, 0.1) is 16.7 Å². The summed E-state index contributed by atoms with van der Waals surface area (Å²) in [5, 5.41) is 0. The SMILES string of the molecule is Cc1cccc2[nH]c(COc3ccccc3N)nc12. The number of nitrogens with zero attached hydrogens (tertiary/aromatic N) is 1. The van der Waals surface area contributed by atoms with Gasteiger partial charge in [0.2, 0.25) is 0 Å². The molecule has 0 saturated carbocycles. The number of para-hydroxylation sites is 3. The van der Waals surface area contributed by atoms with Crippen molar-refractivity contribution in [2.75, 3.05) is 5.73 Å². The zero-order chi connectivity index (χ0) is 13.2. The van der Waals surface area contributed by atoms with Crippen LogP contribution in [0.4, 0.5) is 5.69 Å². The van der Waals surface area contributed by atoms with Gasteiger partial charge in [-0.2, -0.15) is 0 Å². The van der Waals surface area contributed by atoms with E-state index < -0.39 is 0 Å². The summed E-state index contributed by atoms with van der Waals surface area (Å²) in [6.07, 6.45) is 0. The van der Waals surface area contributed by atoms with Crippen LogP contribution >= 0.6 is 0 Å². The van der Waals surface area contributed by atoms with Crippen LogP contribution < -0.4 is 10.5 Å². The average molecular weight is 253 g/mol. The molecule has 0 atom stereocenters. The van der Waals surface area contributed by atoms with E-state index in [0.29, 0.717) is 18.0 Å². The molecule has 3 N–H and O–H groups in total. The van der Waals surface area contributed by atoms with Gasteiger partial charge in [0, 0.05) is 0 Å². The van der Waals surface area contributed by atoms with Crippen LogP contribution in [0.3, 0.4) is 0 Å². The summed E-state index contributed by atoms with van der Waals surface area (Å²) in [6, 6.07) is 13.5. The predicted octanol–water partition coefficient (Wildman–Crippen LogP) is 3.03. The fourth-order valence-electron chi connectivity index (χ4n) is 2.05. The molecule has 3 rings (SSSR count). The zero-order valence-corrected chi connectivity index (χ0v) is 10.7. The Bertz CT molecular complexity index is 718. The number of aromatic nitrogens is 2. The van der Waals surface area contributed by atoms with E-state index >= 15 is 0 Å². The molecule has 0 fully saturated rings. The van der Waals surface area contributed by atoms with Gasteiger partial charge in [-0.1, -0.05) is 24.3 Å². The van der Waals surface area contributed by atoms with Crippen LogP contribution in [0.5, 0.6) is 5.75 Å². The molecule has 4 nitrogen and oxygen atoms in total. The number of nitrogens with two attached hydrogens (primary N) is 1. The second-order valence-electron chi connectivity index (χ2n) is 4.48. The van der Waals surface area contributed by atoms with Crippen molar-refractivity contribution in [2.24, 2.45) is 0 Å². The largest absolute Gasteiger partial charge is 0.484 e. The van der Waals surface area contributed by atoms with Gasteiger partial charge >= 0.3 is 0 Å². The lowest BCUT2D eigenvalue weighted by atomic mass is 10.2. The molecule has 0 unspecified atom stereocenters. The minimum Gasteiger partial charge on any atom is -0.484 e. The molecule has 0 saturated heterocycles. The third-order valence-corrected chi connectivity index (χ3v) is 3.05. The maximum Gasteiger partial charge on any atom is 0.146 e. The molecule has 0 bridgehead atoms. The number of rotatable bonds is 3. The van der Waals surface area contributed by atoms with E-state index in [0.717, 1.165) is 22.4 Å². The fourth-order valence-corrected chi connectivity index (χ4v) is 2.05. The minimum atomic E-state index is 0.377. The summed E-state index contributed by atoms with van der Waals surface area (Å²) in [4.78, 5) is 7.78. The molecule has 4 heteroatoms. The third kappa shape index (κ3) is 2.25. The van der Waals surface area contributed by atoms with Crippen LogP contribution in [0.15, 0.2) is 42.5 Å². The molecule has 0 spiro atoms. The van der Waals surface area contributed by atoms with Crippen molar-refractivity contribution in [3.05, 3.63) is 53.9 Å². The molecule has 19 heavy (non-hydrogen) atoms. The van der Waals surface area contributed by atoms with Crippen molar-refractivity contribution in [2.45, 2.75) is 13.5 Å². The first-order chi connectivity index (χ1) is 9.24. The first-order valence-corrected chi connectivity index (χ1v) is 6.15. The minimum absolute atomic E-state index is 0.377. The quantitative estimate of drug-likeness (QED) is 0.705. The van der Waals surface area contributed by atoms with Crippen LogP contribution in [-0.4, -0.2) is 9.97 Å². The van der Waals surface area contributed by atoms with E-state index in [9.17, 15) is 0 Å². The number of benzene rings is 2. The van der Waals surface area contributed by atoms with E-state index in [1.54, 1.807) is 0 Å². The third-order valence-electron chi connectivity index (χ3n) is 3.05. The van der Waals surface area contributed by atoms with E-state index in [-0.39, 0.29) is 0 Å². The number of nitrogen functional groups attached to an aromatic ring is 1. The molecule has 0 aliphatic rings. The van der Waals surface area contributed by atoms with Gasteiger partial charge in [0.15, 0.2) is 0 Å². The van der Waals surface area contributed by atoms with Crippen LogP contribution in [-0.2, 0) is 6.61 Å². The second-order valence-corrected chi connectivity index (χ2v) is 4.48. The van der Waals surface area contributed by atoms with Gasteiger partial charge < -0.3 is 15.5 Å². The summed E-state index contributed by atoms with van der Waals surface area (Å²) >= 11 is 0. The number of aryl methyl sites for hydroxylation is 1. The predicted molar refractivity (Wildman–Crippen MR) is 76.0 cm³/mol. The van der Waals surface area contributed by atoms with E-state index in [2.05, 4.69) is 9.97 Å².